The molecule has 1 fully saturated rings. The maximum Gasteiger partial charge on any atom is 0.416 e. The first-order valence-electron chi connectivity index (χ1n) is 10.4. The van der Waals surface area contributed by atoms with Crippen LogP contribution in [0.2, 0.25) is 0 Å². The fourth-order valence-electron chi connectivity index (χ4n) is 3.40. The number of rotatable bonds is 10. The molecule has 1 saturated heterocycles. The van der Waals surface area contributed by atoms with Gasteiger partial charge in [-0.3, -0.25) is 9.69 Å². The number of ether oxygens (including phenoxy) is 3. The van der Waals surface area contributed by atoms with Gasteiger partial charge in [0.2, 0.25) is 5.91 Å². The van der Waals surface area contributed by atoms with Crippen molar-refractivity contribution in [1.82, 2.24) is 10.2 Å². The van der Waals surface area contributed by atoms with Gasteiger partial charge in [-0.1, -0.05) is 30.3 Å². The van der Waals surface area contributed by atoms with Crippen LogP contribution in [-0.4, -0.2) is 63.5 Å². The smallest absolute Gasteiger partial charge is 0.416 e. The van der Waals surface area contributed by atoms with Crippen LogP contribution in [0.1, 0.15) is 17.2 Å². The van der Waals surface area contributed by atoms with Crippen molar-refractivity contribution >= 4 is 5.91 Å². The predicted molar refractivity (Wildman–Crippen MR) is 112 cm³/mol. The number of carbonyl (C=O) groups is 1. The Morgan fingerprint density at radius 2 is 1.72 bits per heavy atom. The van der Waals surface area contributed by atoms with Gasteiger partial charge in [-0.2, -0.15) is 13.2 Å². The van der Waals surface area contributed by atoms with E-state index in [4.69, 9.17) is 14.2 Å². The van der Waals surface area contributed by atoms with Crippen LogP contribution in [0, 0.1) is 0 Å². The number of morpholine rings is 1. The summed E-state index contributed by atoms with van der Waals surface area (Å²) in [7, 11) is 0. The van der Waals surface area contributed by atoms with E-state index in [2.05, 4.69) is 10.2 Å². The van der Waals surface area contributed by atoms with Crippen LogP contribution in [-0.2, 0) is 20.4 Å². The minimum absolute atomic E-state index is 0.124. The van der Waals surface area contributed by atoms with Crippen LogP contribution in [0.3, 0.4) is 0 Å². The molecule has 1 unspecified atom stereocenters. The topological polar surface area (TPSA) is 60.0 Å². The molecule has 32 heavy (non-hydrogen) atoms. The molecular weight excluding hydrogens is 425 g/mol. The van der Waals surface area contributed by atoms with Crippen molar-refractivity contribution < 1.29 is 32.2 Å². The summed E-state index contributed by atoms with van der Waals surface area (Å²) in [5.41, 5.74) is 0.00881. The maximum atomic E-state index is 12.9. The first kappa shape index (κ1) is 24.0. The van der Waals surface area contributed by atoms with Crippen LogP contribution in [0.5, 0.6) is 5.75 Å². The third kappa shape index (κ3) is 7.51. The highest BCUT2D eigenvalue weighted by Gasteiger charge is 2.31. The normalized spacial score (nSPS) is 15.8. The van der Waals surface area contributed by atoms with Crippen LogP contribution in [0.4, 0.5) is 13.2 Å². The molecule has 1 heterocycles. The molecular formula is C23H27F3N2O4. The summed E-state index contributed by atoms with van der Waals surface area (Å²) in [6.07, 6.45) is -4.39. The number of hydrogen-bond acceptors (Lipinski definition) is 5. The van der Waals surface area contributed by atoms with Crippen molar-refractivity contribution in [1.29, 1.82) is 0 Å². The van der Waals surface area contributed by atoms with Gasteiger partial charge in [-0.15, -0.1) is 0 Å². The summed E-state index contributed by atoms with van der Waals surface area (Å²) in [5.74, 6) is 0.431. The number of nitrogens with one attached hydrogen (secondary N) is 1. The van der Waals surface area contributed by atoms with Gasteiger partial charge in [-0.25, -0.2) is 0 Å². The number of para-hydroxylation sites is 1. The lowest BCUT2D eigenvalue weighted by atomic mass is 10.0. The molecule has 9 heteroatoms. The van der Waals surface area contributed by atoms with Crippen molar-refractivity contribution in [2.75, 3.05) is 52.7 Å². The van der Waals surface area contributed by atoms with Crippen LogP contribution < -0.4 is 10.1 Å². The number of benzene rings is 2. The van der Waals surface area contributed by atoms with E-state index in [1.54, 1.807) is 0 Å². The fraction of sp³-hybridized carbons (Fsp3) is 0.435. The molecule has 0 radical (unpaired) electrons. The number of nitrogens with zero attached hydrogens (tertiary/aromatic N) is 1. The van der Waals surface area contributed by atoms with E-state index in [1.807, 2.05) is 30.3 Å². The molecule has 1 aliphatic heterocycles. The summed E-state index contributed by atoms with van der Waals surface area (Å²) in [6.45, 7) is 3.05. The minimum Gasteiger partial charge on any atom is -0.491 e. The Morgan fingerprint density at radius 3 is 2.38 bits per heavy atom. The molecule has 0 aromatic heterocycles. The van der Waals surface area contributed by atoms with Gasteiger partial charge in [0, 0.05) is 19.6 Å². The highest BCUT2D eigenvalue weighted by Crippen LogP contribution is 2.31. The van der Waals surface area contributed by atoms with Crippen molar-refractivity contribution in [2.45, 2.75) is 12.2 Å². The monoisotopic (exact) mass is 452 g/mol. The standard InChI is InChI=1S/C23H27F3N2O4/c24-23(25,26)19-8-6-18(7-9-19)21(28-10-12-30-13-11-28)16-27-22(29)17-31-14-15-32-20-4-2-1-3-5-20/h1-9,21H,10-17H2,(H,27,29). The van der Waals surface area contributed by atoms with Gasteiger partial charge in [0.05, 0.1) is 31.4 Å². The molecule has 1 atom stereocenters. The van der Waals surface area contributed by atoms with Gasteiger partial charge in [0.15, 0.2) is 0 Å². The summed E-state index contributed by atoms with van der Waals surface area (Å²) >= 11 is 0. The predicted octanol–water partition coefficient (Wildman–Crippen LogP) is 3.29. The first-order valence-corrected chi connectivity index (χ1v) is 10.4. The second-order valence-electron chi connectivity index (χ2n) is 7.30. The molecule has 0 saturated carbocycles. The Balaban J connectivity index is 1.48. The summed E-state index contributed by atoms with van der Waals surface area (Å²) in [5, 5.41) is 2.82. The van der Waals surface area contributed by atoms with Gasteiger partial charge < -0.3 is 19.5 Å². The maximum absolute atomic E-state index is 12.9. The molecule has 0 aliphatic carbocycles. The Hall–Kier alpha value is -2.62. The number of amides is 1. The fourth-order valence-corrected chi connectivity index (χ4v) is 3.40. The molecule has 174 valence electrons. The van der Waals surface area contributed by atoms with Gasteiger partial charge in [0.25, 0.3) is 0 Å². The zero-order valence-electron chi connectivity index (χ0n) is 17.6. The van der Waals surface area contributed by atoms with Crippen molar-refractivity contribution in [2.24, 2.45) is 0 Å². The third-order valence-corrected chi connectivity index (χ3v) is 5.07. The Labute approximate surface area is 185 Å². The quantitative estimate of drug-likeness (QED) is 0.561. The van der Waals surface area contributed by atoms with E-state index in [0.29, 0.717) is 38.5 Å². The average Bonchev–Trinajstić information content (AvgIpc) is 2.80. The minimum atomic E-state index is -4.39. The van der Waals surface area contributed by atoms with Gasteiger partial charge in [0.1, 0.15) is 19.0 Å². The van der Waals surface area contributed by atoms with E-state index >= 15 is 0 Å². The molecule has 1 N–H and O–H groups in total. The first-order chi connectivity index (χ1) is 15.4. The van der Waals surface area contributed by atoms with Crippen LogP contribution in [0.25, 0.3) is 0 Å². The lowest BCUT2D eigenvalue weighted by Gasteiger charge is -2.35. The van der Waals surface area contributed by atoms with Gasteiger partial charge in [-0.05, 0) is 29.8 Å². The molecule has 1 aliphatic rings. The Kier molecular flexibility index (Phi) is 8.90. The second-order valence-corrected chi connectivity index (χ2v) is 7.30. The van der Waals surface area contributed by atoms with Crippen LogP contribution in [0.15, 0.2) is 54.6 Å². The zero-order chi connectivity index (χ0) is 22.8. The van der Waals surface area contributed by atoms with E-state index in [-0.39, 0.29) is 31.7 Å². The van der Waals surface area contributed by atoms with Crippen molar-refractivity contribution in [3.8, 4) is 5.75 Å². The molecule has 0 bridgehead atoms. The molecule has 0 spiro atoms. The summed E-state index contributed by atoms with van der Waals surface area (Å²) in [4.78, 5) is 14.3. The lowest BCUT2D eigenvalue weighted by Crippen LogP contribution is -2.44. The van der Waals surface area contributed by atoms with E-state index in [9.17, 15) is 18.0 Å². The largest absolute Gasteiger partial charge is 0.491 e. The molecule has 3 rings (SSSR count). The molecule has 6 nitrogen and oxygen atoms in total. The van der Waals surface area contributed by atoms with Crippen LogP contribution >= 0.6 is 0 Å². The van der Waals surface area contributed by atoms with E-state index < -0.39 is 11.7 Å². The average molecular weight is 452 g/mol. The number of halogens is 3. The number of hydrogen-bond donors (Lipinski definition) is 1. The van der Waals surface area contributed by atoms with Gasteiger partial charge >= 0.3 is 6.18 Å². The van der Waals surface area contributed by atoms with E-state index in [0.717, 1.165) is 17.9 Å². The van der Waals surface area contributed by atoms with Crippen molar-refractivity contribution in [3.63, 3.8) is 0 Å². The third-order valence-electron chi connectivity index (χ3n) is 5.07. The molecule has 1 amide bonds. The zero-order valence-corrected chi connectivity index (χ0v) is 17.6. The number of carbonyl (C=O) groups excluding carboxylic acids is 1. The lowest BCUT2D eigenvalue weighted by molar-refractivity contribution is -0.137. The summed E-state index contributed by atoms with van der Waals surface area (Å²) in [6, 6.07) is 14.1. The highest BCUT2D eigenvalue weighted by atomic mass is 19.4. The second kappa shape index (κ2) is 11.8. The molecule has 2 aromatic rings. The number of alkyl halides is 3. The Morgan fingerprint density at radius 1 is 1.03 bits per heavy atom. The SMILES string of the molecule is O=C(COCCOc1ccccc1)NCC(c1ccc(C(F)(F)F)cc1)N1CCOCC1. The molecule has 2 aromatic carbocycles. The van der Waals surface area contributed by atoms with E-state index in [1.165, 1.54) is 12.1 Å². The Bertz CT molecular complexity index is 825. The van der Waals surface area contributed by atoms with Crippen molar-refractivity contribution in [3.05, 3.63) is 65.7 Å². The highest BCUT2D eigenvalue weighted by molar-refractivity contribution is 5.77. The summed E-state index contributed by atoms with van der Waals surface area (Å²) < 4.78 is 54.9.